The summed E-state index contributed by atoms with van der Waals surface area (Å²) < 4.78 is 34.3. The van der Waals surface area contributed by atoms with Crippen molar-refractivity contribution in [3.8, 4) is 0 Å². The number of fused-ring (bicyclic) bond motifs is 1. The Balaban J connectivity index is 1.76. The lowest BCUT2D eigenvalue weighted by Crippen LogP contribution is -2.38. The lowest BCUT2D eigenvalue weighted by Gasteiger charge is -2.27. The fraction of sp³-hybridized carbons (Fsp3) is 0.824. The van der Waals surface area contributed by atoms with E-state index in [2.05, 4.69) is 0 Å². The van der Waals surface area contributed by atoms with Crippen LogP contribution in [0.15, 0.2) is 12.2 Å². The Kier molecular flexibility index (Phi) is 4.74. The Morgan fingerprint density at radius 1 is 1.12 bits per heavy atom. The molecule has 24 heavy (non-hydrogen) atoms. The predicted octanol–water partition coefficient (Wildman–Crippen LogP) is 1.75. The molecule has 0 aromatic carbocycles. The monoisotopic (exact) mass is 342 g/mol. The van der Waals surface area contributed by atoms with E-state index in [9.17, 15) is 4.79 Å². The largest absolute Gasteiger partial charge is 0.463 e. The summed E-state index contributed by atoms with van der Waals surface area (Å²) in [5.41, 5.74) is 0. The highest BCUT2D eigenvalue weighted by Gasteiger charge is 2.57. The first-order valence-electron chi connectivity index (χ1n) is 8.38. The lowest BCUT2D eigenvalue weighted by molar-refractivity contribution is -0.224. The topological polar surface area (TPSA) is 72.5 Å². The van der Waals surface area contributed by atoms with Crippen molar-refractivity contribution in [3.63, 3.8) is 0 Å². The van der Waals surface area contributed by atoms with Crippen LogP contribution in [0.4, 0.5) is 0 Å². The summed E-state index contributed by atoms with van der Waals surface area (Å²) in [6.07, 6.45) is 1.83. The predicted molar refractivity (Wildman–Crippen MR) is 82.9 cm³/mol. The van der Waals surface area contributed by atoms with Gasteiger partial charge in [0.1, 0.15) is 12.2 Å². The van der Waals surface area contributed by atoms with E-state index in [1.165, 1.54) is 6.08 Å². The Morgan fingerprint density at radius 2 is 1.88 bits per heavy atom. The molecule has 0 aromatic heterocycles. The molecule has 136 valence electrons. The second kappa shape index (κ2) is 6.38. The summed E-state index contributed by atoms with van der Waals surface area (Å²) in [6, 6.07) is 0. The van der Waals surface area contributed by atoms with Gasteiger partial charge in [-0.15, -0.1) is 0 Å². The molecular weight excluding hydrogens is 316 g/mol. The maximum Gasteiger partial charge on any atom is 0.330 e. The Labute approximate surface area is 142 Å². The summed E-state index contributed by atoms with van der Waals surface area (Å²) >= 11 is 0. The van der Waals surface area contributed by atoms with Gasteiger partial charge in [0.25, 0.3) is 0 Å². The molecule has 3 fully saturated rings. The first kappa shape index (κ1) is 17.8. The standard InChI is InChI=1S/C17H26O7/c1-6-19-12(18)8-7-10-13(11-9-20-16(2,3)22-11)21-15-14(10)23-17(4,5)24-15/h7-8,10-11,13-15H,6,9H2,1-5H3/b8-7+/t10-,11+,13-,14+,15+/m0/s1. The second-order valence-electron chi connectivity index (χ2n) is 7.12. The molecule has 3 aliphatic heterocycles. The third-order valence-electron chi connectivity index (χ3n) is 4.28. The quantitative estimate of drug-likeness (QED) is 0.569. The number of hydrogen-bond acceptors (Lipinski definition) is 7. The molecule has 7 heteroatoms. The van der Waals surface area contributed by atoms with Gasteiger partial charge in [-0.1, -0.05) is 6.08 Å². The maximum atomic E-state index is 11.7. The number of ether oxygens (including phenoxy) is 6. The molecule has 3 rings (SSSR count). The van der Waals surface area contributed by atoms with Crippen molar-refractivity contribution in [2.45, 2.75) is 70.8 Å². The van der Waals surface area contributed by atoms with Crippen molar-refractivity contribution in [1.29, 1.82) is 0 Å². The number of carbonyl (C=O) groups is 1. The Hall–Kier alpha value is -0.990. The van der Waals surface area contributed by atoms with Crippen LogP contribution in [0, 0.1) is 5.92 Å². The van der Waals surface area contributed by atoms with Crippen LogP contribution in [0.25, 0.3) is 0 Å². The number of hydrogen-bond donors (Lipinski definition) is 0. The number of rotatable bonds is 4. The van der Waals surface area contributed by atoms with Crippen molar-refractivity contribution in [3.05, 3.63) is 12.2 Å². The van der Waals surface area contributed by atoms with Crippen LogP contribution in [-0.4, -0.2) is 55.4 Å². The fourth-order valence-electron chi connectivity index (χ4n) is 3.37. The van der Waals surface area contributed by atoms with Crippen LogP contribution in [0.2, 0.25) is 0 Å². The first-order chi connectivity index (χ1) is 11.2. The summed E-state index contributed by atoms with van der Waals surface area (Å²) in [7, 11) is 0. The molecule has 0 spiro atoms. The van der Waals surface area contributed by atoms with Crippen molar-refractivity contribution >= 4 is 5.97 Å². The molecule has 3 aliphatic rings. The minimum atomic E-state index is -0.720. The smallest absolute Gasteiger partial charge is 0.330 e. The van der Waals surface area contributed by atoms with E-state index in [0.29, 0.717) is 13.2 Å². The molecule has 0 aliphatic carbocycles. The summed E-state index contributed by atoms with van der Waals surface area (Å²) in [6.45, 7) is 9.93. The van der Waals surface area contributed by atoms with Crippen molar-refractivity contribution in [2.75, 3.05) is 13.2 Å². The van der Waals surface area contributed by atoms with Crippen LogP contribution in [0.5, 0.6) is 0 Å². The van der Waals surface area contributed by atoms with Crippen molar-refractivity contribution < 1.29 is 33.2 Å². The van der Waals surface area contributed by atoms with Gasteiger partial charge in [-0.3, -0.25) is 0 Å². The SMILES string of the molecule is CCOC(=O)/C=C/[C@@H]1[C@H]2OC(C)(C)O[C@H]2O[C@@H]1[C@H]1COC(C)(C)O1. The average molecular weight is 342 g/mol. The van der Waals surface area contributed by atoms with Crippen LogP contribution >= 0.6 is 0 Å². The van der Waals surface area contributed by atoms with Crippen LogP contribution in [-0.2, 0) is 33.2 Å². The third kappa shape index (κ3) is 3.65. The van der Waals surface area contributed by atoms with Gasteiger partial charge in [-0.25, -0.2) is 4.79 Å². The molecule has 3 saturated heterocycles. The zero-order valence-corrected chi connectivity index (χ0v) is 14.8. The van der Waals surface area contributed by atoms with E-state index in [-0.39, 0.29) is 30.2 Å². The molecule has 0 saturated carbocycles. The van der Waals surface area contributed by atoms with Gasteiger partial charge in [0, 0.05) is 12.0 Å². The first-order valence-corrected chi connectivity index (χ1v) is 8.38. The Bertz CT molecular complexity index is 513. The minimum absolute atomic E-state index is 0.191. The molecule has 5 atom stereocenters. The van der Waals surface area contributed by atoms with Gasteiger partial charge < -0.3 is 28.4 Å². The van der Waals surface area contributed by atoms with Gasteiger partial charge in [0.15, 0.2) is 17.9 Å². The fourth-order valence-corrected chi connectivity index (χ4v) is 3.37. The third-order valence-corrected chi connectivity index (χ3v) is 4.28. The summed E-state index contributed by atoms with van der Waals surface area (Å²) in [5.74, 6) is -1.95. The molecule has 0 aromatic rings. The highest BCUT2D eigenvalue weighted by Crippen LogP contribution is 2.44. The molecular formula is C17H26O7. The Morgan fingerprint density at radius 3 is 2.50 bits per heavy atom. The van der Waals surface area contributed by atoms with E-state index >= 15 is 0 Å². The molecule has 0 bridgehead atoms. The van der Waals surface area contributed by atoms with E-state index < -0.39 is 17.9 Å². The maximum absolute atomic E-state index is 11.7. The van der Waals surface area contributed by atoms with Crippen molar-refractivity contribution in [1.82, 2.24) is 0 Å². The summed E-state index contributed by atoms with van der Waals surface area (Å²) in [5, 5.41) is 0. The average Bonchev–Trinajstić information content (AvgIpc) is 3.06. The highest BCUT2D eigenvalue weighted by molar-refractivity contribution is 5.81. The van der Waals surface area contributed by atoms with Crippen LogP contribution < -0.4 is 0 Å². The lowest BCUT2D eigenvalue weighted by atomic mass is 9.94. The van der Waals surface area contributed by atoms with Crippen molar-refractivity contribution in [2.24, 2.45) is 5.92 Å². The van der Waals surface area contributed by atoms with Gasteiger partial charge >= 0.3 is 5.97 Å². The highest BCUT2D eigenvalue weighted by atomic mass is 16.8. The minimum Gasteiger partial charge on any atom is -0.463 e. The van der Waals surface area contributed by atoms with Crippen LogP contribution in [0.3, 0.4) is 0 Å². The molecule has 0 unspecified atom stereocenters. The zero-order valence-electron chi connectivity index (χ0n) is 14.8. The molecule has 0 radical (unpaired) electrons. The van der Waals surface area contributed by atoms with E-state index in [1.54, 1.807) is 13.0 Å². The normalized spacial score (nSPS) is 40.1. The van der Waals surface area contributed by atoms with Gasteiger partial charge in [0.2, 0.25) is 0 Å². The molecule has 7 nitrogen and oxygen atoms in total. The zero-order chi connectivity index (χ0) is 17.5. The molecule has 0 N–H and O–H groups in total. The van der Waals surface area contributed by atoms with Crippen LogP contribution in [0.1, 0.15) is 34.6 Å². The number of esters is 1. The van der Waals surface area contributed by atoms with E-state index in [4.69, 9.17) is 28.4 Å². The van der Waals surface area contributed by atoms with Gasteiger partial charge in [-0.05, 0) is 34.6 Å². The second-order valence-corrected chi connectivity index (χ2v) is 7.12. The van der Waals surface area contributed by atoms with E-state index in [0.717, 1.165) is 0 Å². The molecule has 0 amide bonds. The van der Waals surface area contributed by atoms with Gasteiger partial charge in [-0.2, -0.15) is 0 Å². The summed E-state index contributed by atoms with van der Waals surface area (Å²) in [4.78, 5) is 11.7. The van der Waals surface area contributed by atoms with E-state index in [1.807, 2.05) is 27.7 Å². The van der Waals surface area contributed by atoms with Gasteiger partial charge in [0.05, 0.1) is 19.3 Å². The number of carbonyl (C=O) groups excluding carboxylic acids is 1. The molecule has 3 heterocycles.